The van der Waals surface area contributed by atoms with Crippen LogP contribution >= 0.6 is 0 Å². The van der Waals surface area contributed by atoms with E-state index < -0.39 is 23.1 Å². The van der Waals surface area contributed by atoms with E-state index in [-0.39, 0.29) is 5.69 Å². The Morgan fingerprint density at radius 3 is 2.65 bits per heavy atom. The zero-order valence-corrected chi connectivity index (χ0v) is 12.0. The van der Waals surface area contributed by atoms with Crippen molar-refractivity contribution in [2.75, 3.05) is 25.9 Å². The van der Waals surface area contributed by atoms with Crippen molar-refractivity contribution in [3.8, 4) is 0 Å². The van der Waals surface area contributed by atoms with Crippen molar-refractivity contribution >= 4 is 11.6 Å². The van der Waals surface area contributed by atoms with Gasteiger partial charge in [-0.25, -0.2) is 8.78 Å². The number of halogens is 2. The highest BCUT2D eigenvalue weighted by molar-refractivity contribution is 5.95. The Kier molecular flexibility index (Phi) is 5.88. The average molecular weight is 285 g/mol. The third kappa shape index (κ3) is 4.16. The summed E-state index contributed by atoms with van der Waals surface area (Å²) in [5.74, 6) is -2.70. The number of carbonyl (C=O) groups excluding carboxylic acids is 1. The van der Waals surface area contributed by atoms with Gasteiger partial charge in [0.05, 0.1) is 5.69 Å². The summed E-state index contributed by atoms with van der Waals surface area (Å²) in [5.41, 5.74) is 4.46. The number of rotatable bonds is 6. The Bertz CT molecular complexity index is 478. The van der Waals surface area contributed by atoms with E-state index in [2.05, 4.69) is 24.1 Å². The molecule has 0 atom stereocenters. The van der Waals surface area contributed by atoms with Gasteiger partial charge in [0.15, 0.2) is 5.82 Å². The molecule has 0 saturated heterocycles. The van der Waals surface area contributed by atoms with E-state index in [1.165, 1.54) is 0 Å². The molecule has 1 aromatic rings. The summed E-state index contributed by atoms with van der Waals surface area (Å²) in [7, 11) is 1.98. The molecule has 1 rings (SSSR count). The number of nitrogens with two attached hydrogens (primary N) is 1. The first-order valence-corrected chi connectivity index (χ1v) is 6.56. The predicted octanol–water partition coefficient (Wildman–Crippen LogP) is 2.01. The first-order valence-electron chi connectivity index (χ1n) is 6.56. The zero-order valence-electron chi connectivity index (χ0n) is 12.0. The number of anilines is 1. The maximum atomic E-state index is 13.6. The second-order valence-electron chi connectivity index (χ2n) is 5.01. The Hall–Kier alpha value is -1.69. The molecule has 0 aliphatic heterocycles. The number of amides is 1. The molecule has 6 heteroatoms. The smallest absolute Gasteiger partial charge is 0.257 e. The third-order valence-electron chi connectivity index (χ3n) is 3.20. The fourth-order valence-electron chi connectivity index (χ4n) is 1.65. The van der Waals surface area contributed by atoms with Gasteiger partial charge in [-0.2, -0.15) is 0 Å². The van der Waals surface area contributed by atoms with Crippen molar-refractivity contribution in [1.82, 2.24) is 10.2 Å². The minimum Gasteiger partial charge on any atom is -0.396 e. The average Bonchev–Trinajstić information content (AvgIpc) is 2.39. The lowest BCUT2D eigenvalue weighted by Crippen LogP contribution is -2.32. The number of benzene rings is 1. The van der Waals surface area contributed by atoms with E-state index in [1.807, 2.05) is 7.05 Å². The molecule has 20 heavy (non-hydrogen) atoms. The Balaban J connectivity index is 2.54. The quantitative estimate of drug-likeness (QED) is 0.621. The molecule has 0 saturated carbocycles. The van der Waals surface area contributed by atoms with Crippen LogP contribution < -0.4 is 11.1 Å². The van der Waals surface area contributed by atoms with Crippen molar-refractivity contribution in [2.24, 2.45) is 0 Å². The fourth-order valence-corrected chi connectivity index (χ4v) is 1.65. The van der Waals surface area contributed by atoms with E-state index in [0.717, 1.165) is 18.7 Å². The minimum atomic E-state index is -1.01. The van der Waals surface area contributed by atoms with Crippen LogP contribution in [0.2, 0.25) is 0 Å². The molecule has 0 spiro atoms. The zero-order chi connectivity index (χ0) is 15.3. The summed E-state index contributed by atoms with van der Waals surface area (Å²) in [6.07, 6.45) is 0.700. The molecule has 1 aromatic carbocycles. The van der Waals surface area contributed by atoms with Crippen LogP contribution in [0.4, 0.5) is 14.5 Å². The molecular formula is C14H21F2N3O. The molecule has 4 nitrogen and oxygen atoms in total. The van der Waals surface area contributed by atoms with E-state index >= 15 is 0 Å². The highest BCUT2D eigenvalue weighted by atomic mass is 19.1. The minimum absolute atomic E-state index is 0.240. The third-order valence-corrected chi connectivity index (χ3v) is 3.20. The lowest BCUT2D eigenvalue weighted by molar-refractivity contribution is 0.0943. The molecule has 0 radical (unpaired) electrons. The molecule has 3 N–H and O–H groups in total. The number of nitrogens with one attached hydrogen (secondary N) is 1. The van der Waals surface area contributed by atoms with Crippen molar-refractivity contribution in [3.63, 3.8) is 0 Å². The molecule has 112 valence electrons. The Morgan fingerprint density at radius 2 is 2.05 bits per heavy atom. The van der Waals surface area contributed by atoms with Crippen LogP contribution in [0.15, 0.2) is 12.1 Å². The summed E-state index contributed by atoms with van der Waals surface area (Å²) in [5, 5.41) is 2.50. The molecule has 0 unspecified atom stereocenters. The predicted molar refractivity (Wildman–Crippen MR) is 75.5 cm³/mol. The van der Waals surface area contributed by atoms with Crippen molar-refractivity contribution < 1.29 is 13.6 Å². The lowest BCUT2D eigenvalue weighted by Gasteiger charge is -2.20. The lowest BCUT2D eigenvalue weighted by atomic mass is 10.1. The van der Waals surface area contributed by atoms with Crippen LogP contribution in [0.5, 0.6) is 0 Å². The van der Waals surface area contributed by atoms with E-state index in [9.17, 15) is 13.6 Å². The second-order valence-corrected chi connectivity index (χ2v) is 5.01. The number of carbonyl (C=O) groups is 1. The molecule has 0 aromatic heterocycles. The van der Waals surface area contributed by atoms with E-state index in [0.29, 0.717) is 19.0 Å². The summed E-state index contributed by atoms with van der Waals surface area (Å²) >= 11 is 0. The van der Waals surface area contributed by atoms with Crippen LogP contribution in [-0.2, 0) is 0 Å². The largest absolute Gasteiger partial charge is 0.396 e. The highest BCUT2D eigenvalue weighted by Gasteiger charge is 2.19. The van der Waals surface area contributed by atoms with Gasteiger partial charge in [-0.15, -0.1) is 0 Å². The number of hydrogen-bond acceptors (Lipinski definition) is 3. The van der Waals surface area contributed by atoms with Gasteiger partial charge < -0.3 is 16.0 Å². The van der Waals surface area contributed by atoms with Gasteiger partial charge in [0.2, 0.25) is 0 Å². The van der Waals surface area contributed by atoms with Gasteiger partial charge in [-0.1, -0.05) is 0 Å². The summed E-state index contributed by atoms with van der Waals surface area (Å²) in [6, 6.07) is 2.49. The van der Waals surface area contributed by atoms with Crippen LogP contribution in [-0.4, -0.2) is 37.0 Å². The number of hydrogen-bond donors (Lipinski definition) is 2. The second kappa shape index (κ2) is 7.19. The molecule has 0 heterocycles. The van der Waals surface area contributed by atoms with Gasteiger partial charge in [0, 0.05) is 12.6 Å². The van der Waals surface area contributed by atoms with Gasteiger partial charge >= 0.3 is 0 Å². The molecule has 0 aliphatic rings. The van der Waals surface area contributed by atoms with Crippen molar-refractivity contribution in [2.45, 2.75) is 26.3 Å². The maximum absolute atomic E-state index is 13.6. The maximum Gasteiger partial charge on any atom is 0.257 e. The fraction of sp³-hybridized carbons (Fsp3) is 0.500. The summed E-state index contributed by atoms with van der Waals surface area (Å²) < 4.78 is 27.1. The summed E-state index contributed by atoms with van der Waals surface area (Å²) in [6.45, 7) is 5.27. The van der Waals surface area contributed by atoms with Crippen molar-refractivity contribution in [1.29, 1.82) is 0 Å². The van der Waals surface area contributed by atoms with Crippen LogP contribution in [0, 0.1) is 11.6 Å². The molecule has 0 fully saturated rings. The first kappa shape index (κ1) is 16.4. The van der Waals surface area contributed by atoms with Crippen molar-refractivity contribution in [3.05, 3.63) is 29.3 Å². The van der Waals surface area contributed by atoms with E-state index in [1.54, 1.807) is 0 Å². The SMILES string of the molecule is CC(C)N(C)CCCNC(=O)c1c(F)ccc(N)c1F. The van der Waals surface area contributed by atoms with Gasteiger partial charge in [-0.3, -0.25) is 4.79 Å². The van der Waals surface area contributed by atoms with Gasteiger partial charge in [-0.05, 0) is 46.0 Å². The van der Waals surface area contributed by atoms with E-state index in [4.69, 9.17) is 5.73 Å². The highest BCUT2D eigenvalue weighted by Crippen LogP contribution is 2.18. The van der Waals surface area contributed by atoms with Crippen LogP contribution in [0.3, 0.4) is 0 Å². The van der Waals surface area contributed by atoms with Crippen LogP contribution in [0.25, 0.3) is 0 Å². The van der Waals surface area contributed by atoms with Gasteiger partial charge in [0.1, 0.15) is 11.4 Å². The molecule has 1 amide bonds. The van der Waals surface area contributed by atoms with Gasteiger partial charge in [0.25, 0.3) is 5.91 Å². The monoisotopic (exact) mass is 285 g/mol. The molecule has 0 bridgehead atoms. The Labute approximate surface area is 117 Å². The first-order chi connectivity index (χ1) is 9.34. The topological polar surface area (TPSA) is 58.4 Å². The summed E-state index contributed by atoms with van der Waals surface area (Å²) in [4.78, 5) is 13.9. The Morgan fingerprint density at radius 1 is 1.40 bits per heavy atom. The molecule has 0 aliphatic carbocycles. The number of nitrogen functional groups attached to an aromatic ring is 1. The normalized spacial score (nSPS) is 11.2. The van der Waals surface area contributed by atoms with Crippen LogP contribution in [0.1, 0.15) is 30.6 Å². The number of nitrogens with zero attached hydrogens (tertiary/aromatic N) is 1. The molecular weight excluding hydrogens is 264 g/mol. The standard InChI is InChI=1S/C14H21F2N3O/c1-9(2)19(3)8-4-7-18-14(20)12-10(15)5-6-11(17)13(12)16/h5-6,9H,4,7-8,17H2,1-3H3,(H,18,20).